The summed E-state index contributed by atoms with van der Waals surface area (Å²) in [6.45, 7) is 10.6. The van der Waals surface area contributed by atoms with Gasteiger partial charge in [0.15, 0.2) is 0 Å². The normalized spacial score (nSPS) is 14.1. The van der Waals surface area contributed by atoms with Crippen LogP contribution in [0.25, 0.3) is 0 Å². The van der Waals surface area contributed by atoms with Crippen molar-refractivity contribution in [2.45, 2.75) is 46.3 Å². The molecule has 1 heterocycles. The van der Waals surface area contributed by atoms with Gasteiger partial charge in [0.1, 0.15) is 5.75 Å². The van der Waals surface area contributed by atoms with Crippen molar-refractivity contribution in [2.75, 3.05) is 19.8 Å². The van der Waals surface area contributed by atoms with E-state index in [1.165, 1.54) is 0 Å². The van der Waals surface area contributed by atoms with Gasteiger partial charge in [0.05, 0.1) is 24.9 Å². The minimum Gasteiger partial charge on any atom is -0.492 e. The van der Waals surface area contributed by atoms with E-state index < -0.39 is 0 Å². The third kappa shape index (κ3) is 5.17. The first-order chi connectivity index (χ1) is 9.22. The maximum atomic E-state index is 5.72. The third-order valence-corrected chi connectivity index (χ3v) is 2.92. The summed E-state index contributed by atoms with van der Waals surface area (Å²) in [6, 6.07) is 2.19. The van der Waals surface area contributed by atoms with E-state index >= 15 is 0 Å². The molecule has 0 aliphatic heterocycles. The van der Waals surface area contributed by atoms with E-state index in [9.17, 15) is 0 Å². The van der Waals surface area contributed by atoms with E-state index in [2.05, 4.69) is 24.1 Å². The lowest BCUT2D eigenvalue weighted by atomic mass is 10.0. The quantitative estimate of drug-likeness (QED) is 0.746. The van der Waals surface area contributed by atoms with Crippen LogP contribution in [0, 0.1) is 0 Å². The molecule has 0 amide bonds. The largest absolute Gasteiger partial charge is 0.492 e. The molecule has 2 unspecified atom stereocenters. The van der Waals surface area contributed by atoms with Gasteiger partial charge in [-0.25, -0.2) is 0 Å². The van der Waals surface area contributed by atoms with Gasteiger partial charge >= 0.3 is 0 Å². The smallest absolute Gasteiger partial charge is 0.137 e. The van der Waals surface area contributed by atoms with Crippen LogP contribution in [0.2, 0.25) is 0 Å². The molecular formula is C15H26N2O2. The fourth-order valence-corrected chi connectivity index (χ4v) is 2.07. The maximum absolute atomic E-state index is 5.72. The zero-order chi connectivity index (χ0) is 14.1. The molecule has 0 aromatic carbocycles. The van der Waals surface area contributed by atoms with Gasteiger partial charge in [-0.1, -0.05) is 6.92 Å². The third-order valence-electron chi connectivity index (χ3n) is 2.92. The summed E-state index contributed by atoms with van der Waals surface area (Å²) in [5.41, 5.74) is 1.11. The van der Waals surface area contributed by atoms with E-state index in [1.807, 2.05) is 26.1 Å². The van der Waals surface area contributed by atoms with Gasteiger partial charge in [-0.15, -0.1) is 0 Å². The predicted molar refractivity (Wildman–Crippen MR) is 77.5 cm³/mol. The molecule has 1 N–H and O–H groups in total. The molecule has 0 bridgehead atoms. The lowest BCUT2D eigenvalue weighted by Crippen LogP contribution is -2.32. The summed E-state index contributed by atoms with van der Waals surface area (Å²) in [5.74, 6) is 0.812. The standard InChI is InChI=1S/C15H26N2O2/c1-5-8-17-15(12(4)18-6-2)13-9-14(19-7-3)11-16-10-13/h9-12,15,17H,5-8H2,1-4H3. The number of nitrogens with one attached hydrogen (secondary N) is 1. The van der Waals surface area contributed by atoms with Crippen LogP contribution in [-0.4, -0.2) is 30.8 Å². The molecule has 0 saturated carbocycles. The fraction of sp³-hybridized carbons (Fsp3) is 0.667. The molecular weight excluding hydrogens is 240 g/mol. The number of aromatic nitrogens is 1. The molecule has 0 fully saturated rings. The Labute approximate surface area is 116 Å². The first-order valence-electron chi connectivity index (χ1n) is 7.15. The Balaban J connectivity index is 2.85. The molecule has 0 saturated heterocycles. The van der Waals surface area contributed by atoms with Crippen LogP contribution in [0.15, 0.2) is 18.5 Å². The van der Waals surface area contributed by atoms with E-state index in [1.54, 1.807) is 6.20 Å². The van der Waals surface area contributed by atoms with Gasteiger partial charge in [-0.2, -0.15) is 0 Å². The van der Waals surface area contributed by atoms with Crippen LogP contribution in [-0.2, 0) is 4.74 Å². The molecule has 0 radical (unpaired) electrons. The molecule has 1 aromatic heterocycles. The van der Waals surface area contributed by atoms with Gasteiger partial charge in [-0.05, 0) is 45.4 Å². The topological polar surface area (TPSA) is 43.4 Å². The van der Waals surface area contributed by atoms with Crippen molar-refractivity contribution in [1.82, 2.24) is 10.3 Å². The van der Waals surface area contributed by atoms with E-state index in [0.717, 1.165) is 24.3 Å². The summed E-state index contributed by atoms with van der Waals surface area (Å²) in [6.07, 6.45) is 4.82. The van der Waals surface area contributed by atoms with Crippen molar-refractivity contribution in [3.63, 3.8) is 0 Å². The number of nitrogens with zero attached hydrogens (tertiary/aromatic N) is 1. The Hall–Kier alpha value is -1.13. The second kappa shape index (κ2) is 8.88. The highest BCUT2D eigenvalue weighted by Gasteiger charge is 2.19. The fourth-order valence-electron chi connectivity index (χ4n) is 2.07. The minimum atomic E-state index is 0.107. The predicted octanol–water partition coefficient (Wildman–Crippen LogP) is 2.95. The lowest BCUT2D eigenvalue weighted by molar-refractivity contribution is 0.0471. The first kappa shape index (κ1) is 15.9. The number of pyridine rings is 1. The van der Waals surface area contributed by atoms with Crippen molar-refractivity contribution in [3.8, 4) is 5.75 Å². The van der Waals surface area contributed by atoms with Gasteiger partial charge in [0.2, 0.25) is 0 Å². The SMILES string of the molecule is CCCNC(c1cncc(OCC)c1)C(C)OCC. The van der Waals surface area contributed by atoms with Crippen molar-refractivity contribution in [2.24, 2.45) is 0 Å². The zero-order valence-corrected chi connectivity index (χ0v) is 12.5. The highest BCUT2D eigenvalue weighted by atomic mass is 16.5. The van der Waals surface area contributed by atoms with E-state index in [-0.39, 0.29) is 12.1 Å². The molecule has 108 valence electrons. The highest BCUT2D eigenvalue weighted by molar-refractivity contribution is 5.26. The summed E-state index contributed by atoms with van der Waals surface area (Å²) in [7, 11) is 0. The number of hydrogen-bond donors (Lipinski definition) is 1. The van der Waals surface area contributed by atoms with Crippen LogP contribution < -0.4 is 10.1 Å². The van der Waals surface area contributed by atoms with Crippen LogP contribution in [0.4, 0.5) is 0 Å². The number of hydrogen-bond acceptors (Lipinski definition) is 4. The summed E-state index contributed by atoms with van der Waals surface area (Å²) in [4.78, 5) is 4.25. The maximum Gasteiger partial charge on any atom is 0.137 e. The Morgan fingerprint density at radius 3 is 2.63 bits per heavy atom. The highest BCUT2D eigenvalue weighted by Crippen LogP contribution is 2.22. The van der Waals surface area contributed by atoms with Gasteiger partial charge in [0, 0.05) is 12.8 Å². The summed E-state index contributed by atoms with van der Waals surface area (Å²) < 4.78 is 11.2. The monoisotopic (exact) mass is 266 g/mol. The van der Waals surface area contributed by atoms with E-state index in [4.69, 9.17) is 9.47 Å². The van der Waals surface area contributed by atoms with Gasteiger partial charge in [0.25, 0.3) is 0 Å². The molecule has 0 spiro atoms. The zero-order valence-electron chi connectivity index (χ0n) is 12.5. The Morgan fingerprint density at radius 1 is 1.21 bits per heavy atom. The molecule has 0 aliphatic carbocycles. The van der Waals surface area contributed by atoms with Crippen LogP contribution >= 0.6 is 0 Å². The second-order valence-electron chi connectivity index (χ2n) is 4.48. The molecule has 1 aromatic rings. The summed E-state index contributed by atoms with van der Waals surface area (Å²) in [5, 5.41) is 3.52. The second-order valence-corrected chi connectivity index (χ2v) is 4.48. The average Bonchev–Trinajstić information content (AvgIpc) is 2.40. The van der Waals surface area contributed by atoms with E-state index in [0.29, 0.717) is 13.2 Å². The summed E-state index contributed by atoms with van der Waals surface area (Å²) >= 11 is 0. The number of ether oxygens (including phenoxy) is 2. The average molecular weight is 266 g/mol. The minimum absolute atomic E-state index is 0.107. The number of rotatable bonds is 9. The molecule has 1 rings (SSSR count). The molecule has 0 aliphatic rings. The Kier molecular flexibility index (Phi) is 7.45. The molecule has 19 heavy (non-hydrogen) atoms. The van der Waals surface area contributed by atoms with Crippen molar-refractivity contribution < 1.29 is 9.47 Å². The lowest BCUT2D eigenvalue weighted by Gasteiger charge is -2.25. The van der Waals surface area contributed by atoms with Crippen LogP contribution in [0.1, 0.15) is 45.7 Å². The van der Waals surface area contributed by atoms with Gasteiger partial charge in [-0.3, -0.25) is 4.98 Å². The first-order valence-corrected chi connectivity index (χ1v) is 7.15. The molecule has 2 atom stereocenters. The van der Waals surface area contributed by atoms with Crippen LogP contribution in [0.3, 0.4) is 0 Å². The Morgan fingerprint density at radius 2 is 2.00 bits per heavy atom. The van der Waals surface area contributed by atoms with Crippen LogP contribution in [0.5, 0.6) is 5.75 Å². The van der Waals surface area contributed by atoms with Gasteiger partial charge < -0.3 is 14.8 Å². The Bertz CT molecular complexity index is 358. The van der Waals surface area contributed by atoms with Crippen molar-refractivity contribution in [1.29, 1.82) is 0 Å². The van der Waals surface area contributed by atoms with Crippen molar-refractivity contribution >= 4 is 0 Å². The molecule has 4 heteroatoms. The van der Waals surface area contributed by atoms with Crippen molar-refractivity contribution in [3.05, 3.63) is 24.0 Å². The molecule has 4 nitrogen and oxygen atoms in total.